The first-order chi connectivity index (χ1) is 12.5. The van der Waals surface area contributed by atoms with Crippen molar-refractivity contribution in [3.05, 3.63) is 74.5 Å². The molecule has 3 aromatic rings. The Kier molecular flexibility index (Phi) is 5.57. The molecule has 5 heteroatoms. The van der Waals surface area contributed by atoms with Crippen molar-refractivity contribution >= 4 is 38.4 Å². The lowest BCUT2D eigenvalue weighted by Crippen LogP contribution is -2.21. The lowest BCUT2D eigenvalue weighted by atomic mass is 10.0. The van der Waals surface area contributed by atoms with E-state index in [0.717, 1.165) is 39.6 Å². The van der Waals surface area contributed by atoms with E-state index in [0.29, 0.717) is 5.39 Å². The fraction of sp³-hybridized carbons (Fsp3) is 0.238. The molecule has 0 spiro atoms. The van der Waals surface area contributed by atoms with Crippen LogP contribution in [0.3, 0.4) is 0 Å². The van der Waals surface area contributed by atoms with Crippen LogP contribution in [-0.4, -0.2) is 10.5 Å². The zero-order valence-electron chi connectivity index (χ0n) is 14.9. The number of pyridine rings is 1. The Morgan fingerprint density at radius 1 is 1.08 bits per heavy atom. The maximum absolute atomic E-state index is 12.7. The van der Waals surface area contributed by atoms with E-state index >= 15 is 0 Å². The molecule has 4 nitrogen and oxygen atoms in total. The number of anilines is 1. The van der Waals surface area contributed by atoms with Crippen LogP contribution in [0, 0.1) is 0 Å². The highest BCUT2D eigenvalue weighted by Gasteiger charge is 2.12. The summed E-state index contributed by atoms with van der Waals surface area (Å²) in [7, 11) is 0. The summed E-state index contributed by atoms with van der Waals surface area (Å²) in [5, 5.41) is 3.67. The van der Waals surface area contributed by atoms with Gasteiger partial charge in [0.25, 0.3) is 0 Å². The van der Waals surface area contributed by atoms with E-state index in [1.807, 2.05) is 30.3 Å². The van der Waals surface area contributed by atoms with Crippen LogP contribution in [0.15, 0.2) is 57.9 Å². The van der Waals surface area contributed by atoms with E-state index in [-0.39, 0.29) is 17.9 Å². The number of nitrogens with one attached hydrogen (secondary N) is 1. The van der Waals surface area contributed by atoms with Crippen molar-refractivity contribution in [1.82, 2.24) is 4.57 Å². The van der Waals surface area contributed by atoms with Crippen molar-refractivity contribution in [2.24, 2.45) is 0 Å². The minimum Gasteiger partial charge on any atom is -0.338 e. The molecule has 1 N–H and O–H groups in total. The molecule has 1 heterocycles. The molecule has 0 saturated carbocycles. The molecule has 0 bridgehead atoms. The SMILES string of the molecule is CCc1cccc(CC)c1NC(=O)Cn1ccc(=O)c2cc(Br)ccc21. The average Bonchev–Trinajstić information content (AvgIpc) is 2.64. The number of nitrogens with zero attached hydrogens (tertiary/aromatic N) is 1. The van der Waals surface area contributed by atoms with Crippen LogP contribution in [0.1, 0.15) is 25.0 Å². The summed E-state index contributed by atoms with van der Waals surface area (Å²) in [5.74, 6) is -0.103. The lowest BCUT2D eigenvalue weighted by Gasteiger charge is -2.16. The number of amides is 1. The number of hydrogen-bond acceptors (Lipinski definition) is 2. The fourth-order valence-corrected chi connectivity index (χ4v) is 3.52. The second kappa shape index (κ2) is 7.87. The van der Waals surface area contributed by atoms with Gasteiger partial charge in [0.05, 0.1) is 5.52 Å². The summed E-state index contributed by atoms with van der Waals surface area (Å²) in [6.45, 7) is 4.31. The van der Waals surface area contributed by atoms with E-state index in [2.05, 4.69) is 35.1 Å². The van der Waals surface area contributed by atoms with Gasteiger partial charge in [-0.3, -0.25) is 9.59 Å². The van der Waals surface area contributed by atoms with Gasteiger partial charge in [-0.2, -0.15) is 0 Å². The molecule has 0 aliphatic rings. The molecule has 0 atom stereocenters. The monoisotopic (exact) mass is 412 g/mol. The number of carbonyl (C=O) groups is 1. The molecule has 0 aliphatic heterocycles. The molecule has 1 aromatic heterocycles. The molecule has 134 valence electrons. The van der Waals surface area contributed by atoms with Crippen LogP contribution in [0.2, 0.25) is 0 Å². The summed E-state index contributed by atoms with van der Waals surface area (Å²) in [6, 6.07) is 13.1. The third-order valence-electron chi connectivity index (χ3n) is 4.52. The summed E-state index contributed by atoms with van der Waals surface area (Å²) >= 11 is 3.39. The molecule has 0 aliphatic carbocycles. The van der Waals surface area contributed by atoms with Crippen LogP contribution < -0.4 is 10.7 Å². The first kappa shape index (κ1) is 18.4. The summed E-state index contributed by atoms with van der Waals surface area (Å²) < 4.78 is 2.65. The third kappa shape index (κ3) is 3.73. The number of benzene rings is 2. The predicted molar refractivity (Wildman–Crippen MR) is 110 cm³/mol. The summed E-state index contributed by atoms with van der Waals surface area (Å²) in [5.41, 5.74) is 3.87. The van der Waals surface area contributed by atoms with Crippen LogP contribution in [-0.2, 0) is 24.2 Å². The molecule has 2 aromatic carbocycles. The minimum atomic E-state index is -0.103. The largest absolute Gasteiger partial charge is 0.338 e. The molecule has 0 radical (unpaired) electrons. The van der Waals surface area contributed by atoms with E-state index < -0.39 is 0 Å². The quantitative estimate of drug-likeness (QED) is 0.669. The van der Waals surface area contributed by atoms with Crippen molar-refractivity contribution < 1.29 is 4.79 Å². The van der Waals surface area contributed by atoms with Crippen molar-refractivity contribution in [3.8, 4) is 0 Å². The van der Waals surface area contributed by atoms with Gasteiger partial charge in [0.1, 0.15) is 6.54 Å². The Bertz CT molecular complexity index is 1000. The minimum absolute atomic E-state index is 0.0532. The molecule has 1 amide bonds. The Labute approximate surface area is 161 Å². The highest BCUT2D eigenvalue weighted by Crippen LogP contribution is 2.23. The van der Waals surface area contributed by atoms with Gasteiger partial charge in [-0.15, -0.1) is 0 Å². The molecule has 26 heavy (non-hydrogen) atoms. The molecule has 3 rings (SSSR count). The van der Waals surface area contributed by atoms with Gasteiger partial charge in [-0.05, 0) is 42.2 Å². The van der Waals surface area contributed by atoms with Crippen molar-refractivity contribution in [3.63, 3.8) is 0 Å². The zero-order chi connectivity index (χ0) is 18.7. The molecular formula is C21H21BrN2O2. The maximum atomic E-state index is 12.7. The molecular weight excluding hydrogens is 392 g/mol. The van der Waals surface area contributed by atoms with Gasteiger partial charge in [-0.1, -0.05) is 48.0 Å². The number of fused-ring (bicyclic) bond motifs is 1. The predicted octanol–water partition coefficient (Wildman–Crippen LogP) is 4.53. The van der Waals surface area contributed by atoms with E-state index in [1.54, 1.807) is 16.8 Å². The zero-order valence-corrected chi connectivity index (χ0v) is 16.5. The Hall–Kier alpha value is -2.40. The fourth-order valence-electron chi connectivity index (χ4n) is 3.16. The van der Waals surface area contributed by atoms with Gasteiger partial charge in [-0.25, -0.2) is 0 Å². The second-order valence-electron chi connectivity index (χ2n) is 6.18. The standard InChI is InChI=1S/C21H21BrN2O2/c1-3-14-6-5-7-15(4-2)21(14)23-20(26)13-24-11-10-19(25)17-12-16(22)8-9-18(17)24/h5-12H,3-4,13H2,1-2H3,(H,23,26). The summed E-state index contributed by atoms with van der Waals surface area (Å²) in [6.07, 6.45) is 3.39. The Balaban J connectivity index is 1.92. The highest BCUT2D eigenvalue weighted by molar-refractivity contribution is 9.10. The Morgan fingerprint density at radius 2 is 1.77 bits per heavy atom. The molecule has 0 fully saturated rings. The Morgan fingerprint density at radius 3 is 2.42 bits per heavy atom. The van der Waals surface area contributed by atoms with Crippen molar-refractivity contribution in [1.29, 1.82) is 0 Å². The summed E-state index contributed by atoms with van der Waals surface area (Å²) in [4.78, 5) is 24.8. The van der Waals surface area contributed by atoms with E-state index in [4.69, 9.17) is 0 Å². The number of halogens is 1. The van der Waals surface area contributed by atoms with Crippen molar-refractivity contribution in [2.75, 3.05) is 5.32 Å². The topological polar surface area (TPSA) is 51.1 Å². The number of aromatic nitrogens is 1. The maximum Gasteiger partial charge on any atom is 0.244 e. The van der Waals surface area contributed by atoms with Crippen LogP contribution in [0.5, 0.6) is 0 Å². The first-order valence-corrected chi connectivity index (χ1v) is 9.52. The lowest BCUT2D eigenvalue weighted by molar-refractivity contribution is -0.116. The van der Waals surface area contributed by atoms with E-state index in [1.165, 1.54) is 6.07 Å². The number of para-hydroxylation sites is 1. The van der Waals surface area contributed by atoms with Crippen LogP contribution >= 0.6 is 15.9 Å². The third-order valence-corrected chi connectivity index (χ3v) is 5.01. The average molecular weight is 413 g/mol. The molecule has 0 unspecified atom stereocenters. The number of carbonyl (C=O) groups excluding carboxylic acids is 1. The van der Waals surface area contributed by atoms with Gasteiger partial charge in [0.15, 0.2) is 5.43 Å². The molecule has 0 saturated heterocycles. The number of hydrogen-bond donors (Lipinski definition) is 1. The van der Waals surface area contributed by atoms with Gasteiger partial charge in [0.2, 0.25) is 5.91 Å². The van der Waals surface area contributed by atoms with Gasteiger partial charge < -0.3 is 9.88 Å². The van der Waals surface area contributed by atoms with Crippen LogP contribution in [0.4, 0.5) is 5.69 Å². The number of rotatable bonds is 5. The van der Waals surface area contributed by atoms with Crippen LogP contribution in [0.25, 0.3) is 10.9 Å². The van der Waals surface area contributed by atoms with Gasteiger partial charge in [0, 0.05) is 27.8 Å². The normalized spacial score (nSPS) is 10.9. The van der Waals surface area contributed by atoms with E-state index in [9.17, 15) is 9.59 Å². The van der Waals surface area contributed by atoms with Crippen molar-refractivity contribution in [2.45, 2.75) is 33.2 Å². The smallest absolute Gasteiger partial charge is 0.244 e. The first-order valence-electron chi connectivity index (χ1n) is 8.72. The number of aryl methyl sites for hydroxylation is 2. The second-order valence-corrected chi connectivity index (χ2v) is 7.09. The highest BCUT2D eigenvalue weighted by atomic mass is 79.9. The van der Waals surface area contributed by atoms with Gasteiger partial charge >= 0.3 is 0 Å².